The highest BCUT2D eigenvalue weighted by Gasteiger charge is 2.26. The maximum Gasteiger partial charge on any atom is 0.219 e. The van der Waals surface area contributed by atoms with Gasteiger partial charge >= 0.3 is 0 Å². The molecule has 11 heavy (non-hydrogen) atoms. The molecule has 0 bridgehead atoms. The van der Waals surface area contributed by atoms with Gasteiger partial charge in [0.15, 0.2) is 0 Å². The van der Waals surface area contributed by atoms with Crippen LogP contribution in [0, 0.1) is 5.92 Å². The third-order valence-electron chi connectivity index (χ3n) is 2.35. The van der Waals surface area contributed by atoms with E-state index in [1.54, 1.807) is 18.7 Å². The van der Waals surface area contributed by atoms with Crippen molar-refractivity contribution >= 4 is 5.91 Å². The summed E-state index contributed by atoms with van der Waals surface area (Å²) < 4.78 is 0. The van der Waals surface area contributed by atoms with Crippen LogP contribution in [0.5, 0.6) is 0 Å². The molecule has 1 saturated heterocycles. The van der Waals surface area contributed by atoms with Crippen molar-refractivity contribution in [1.29, 1.82) is 0 Å². The van der Waals surface area contributed by atoms with Crippen molar-refractivity contribution in [2.45, 2.75) is 26.4 Å². The number of amides is 1. The zero-order valence-corrected chi connectivity index (χ0v) is 7.08. The summed E-state index contributed by atoms with van der Waals surface area (Å²) in [6.45, 7) is 4.90. The van der Waals surface area contributed by atoms with Crippen molar-refractivity contribution < 1.29 is 9.90 Å². The van der Waals surface area contributed by atoms with E-state index in [9.17, 15) is 9.90 Å². The molecule has 1 amide bonds. The number of carbonyl (C=O) groups excluding carboxylic acids is 1. The van der Waals surface area contributed by atoms with E-state index in [-0.39, 0.29) is 12.0 Å². The third-order valence-corrected chi connectivity index (χ3v) is 2.35. The Kier molecular flexibility index (Phi) is 2.49. The van der Waals surface area contributed by atoms with E-state index in [1.807, 2.05) is 0 Å². The van der Waals surface area contributed by atoms with Crippen LogP contribution in [0.1, 0.15) is 20.3 Å². The lowest BCUT2D eigenvalue weighted by atomic mass is 10.0. The highest BCUT2D eigenvalue weighted by molar-refractivity contribution is 5.73. The van der Waals surface area contributed by atoms with Crippen LogP contribution in [-0.2, 0) is 4.79 Å². The van der Waals surface area contributed by atoms with Crippen LogP contribution < -0.4 is 0 Å². The molecule has 1 rings (SSSR count). The molecular weight excluding hydrogens is 142 g/mol. The topological polar surface area (TPSA) is 40.5 Å². The van der Waals surface area contributed by atoms with Crippen molar-refractivity contribution in [2.24, 2.45) is 5.92 Å². The van der Waals surface area contributed by atoms with Gasteiger partial charge in [-0.1, -0.05) is 0 Å². The van der Waals surface area contributed by atoms with Crippen LogP contribution in [0.4, 0.5) is 0 Å². The summed E-state index contributed by atoms with van der Waals surface area (Å²) in [5.74, 6) is 0.409. The van der Waals surface area contributed by atoms with Crippen molar-refractivity contribution in [3.05, 3.63) is 0 Å². The largest absolute Gasteiger partial charge is 0.393 e. The fourth-order valence-electron chi connectivity index (χ4n) is 1.47. The quantitative estimate of drug-likeness (QED) is 0.592. The first-order chi connectivity index (χ1) is 5.11. The summed E-state index contributed by atoms with van der Waals surface area (Å²) in [5.41, 5.74) is 0. The number of hydrogen-bond acceptors (Lipinski definition) is 2. The van der Waals surface area contributed by atoms with Gasteiger partial charge in [-0.05, 0) is 13.3 Å². The van der Waals surface area contributed by atoms with E-state index in [2.05, 4.69) is 0 Å². The standard InChI is InChI=1S/C8H15NO2/c1-6(10)8-3-4-9(5-8)7(2)11/h6,8,10H,3-5H2,1-2H3. The van der Waals surface area contributed by atoms with Crippen LogP contribution in [0.25, 0.3) is 0 Å². The maximum absolute atomic E-state index is 10.9. The third kappa shape index (κ3) is 1.93. The highest BCUT2D eigenvalue weighted by Crippen LogP contribution is 2.19. The lowest BCUT2D eigenvalue weighted by Gasteiger charge is -2.15. The summed E-state index contributed by atoms with van der Waals surface area (Å²) in [6.07, 6.45) is 0.663. The van der Waals surface area contributed by atoms with Crippen molar-refractivity contribution in [2.75, 3.05) is 13.1 Å². The highest BCUT2D eigenvalue weighted by atomic mass is 16.3. The molecule has 0 radical (unpaired) electrons. The second-order valence-corrected chi connectivity index (χ2v) is 3.25. The first kappa shape index (κ1) is 8.53. The SMILES string of the molecule is CC(=O)N1CCC(C(C)O)C1. The molecule has 1 aliphatic heterocycles. The van der Waals surface area contributed by atoms with Crippen molar-refractivity contribution in [3.8, 4) is 0 Å². The summed E-state index contributed by atoms with van der Waals surface area (Å²) in [7, 11) is 0. The van der Waals surface area contributed by atoms with Gasteiger partial charge in [-0.2, -0.15) is 0 Å². The van der Waals surface area contributed by atoms with E-state index in [4.69, 9.17) is 0 Å². The van der Waals surface area contributed by atoms with Gasteiger partial charge < -0.3 is 10.0 Å². The van der Waals surface area contributed by atoms with Gasteiger partial charge in [0.1, 0.15) is 0 Å². The molecule has 1 fully saturated rings. The number of aliphatic hydroxyl groups excluding tert-OH is 1. The number of likely N-dealkylation sites (tertiary alicyclic amines) is 1. The Morgan fingerprint density at radius 2 is 2.36 bits per heavy atom. The molecule has 0 saturated carbocycles. The van der Waals surface area contributed by atoms with E-state index < -0.39 is 0 Å². The van der Waals surface area contributed by atoms with Gasteiger partial charge in [0.2, 0.25) is 5.91 Å². The monoisotopic (exact) mass is 157 g/mol. The molecular formula is C8H15NO2. The fourth-order valence-corrected chi connectivity index (χ4v) is 1.47. The molecule has 1 aliphatic rings. The zero-order chi connectivity index (χ0) is 8.43. The molecule has 0 aliphatic carbocycles. The Morgan fingerprint density at radius 1 is 1.73 bits per heavy atom. The molecule has 0 aromatic rings. The Morgan fingerprint density at radius 3 is 2.64 bits per heavy atom. The molecule has 1 heterocycles. The number of rotatable bonds is 1. The molecule has 3 heteroatoms. The Hall–Kier alpha value is -0.570. The fraction of sp³-hybridized carbons (Fsp3) is 0.875. The Labute approximate surface area is 67.0 Å². The molecule has 1 N–H and O–H groups in total. The van der Waals surface area contributed by atoms with Crippen molar-refractivity contribution in [1.82, 2.24) is 4.90 Å². The number of carbonyl (C=O) groups is 1. The first-order valence-electron chi connectivity index (χ1n) is 4.05. The van der Waals surface area contributed by atoms with Crippen molar-refractivity contribution in [3.63, 3.8) is 0 Å². The summed E-state index contributed by atoms with van der Waals surface area (Å²) in [6, 6.07) is 0. The van der Waals surface area contributed by atoms with Crippen LogP contribution >= 0.6 is 0 Å². The average molecular weight is 157 g/mol. The van der Waals surface area contributed by atoms with Gasteiger partial charge in [-0.15, -0.1) is 0 Å². The van der Waals surface area contributed by atoms with Gasteiger partial charge in [0, 0.05) is 25.9 Å². The van der Waals surface area contributed by atoms with E-state index >= 15 is 0 Å². The maximum atomic E-state index is 10.9. The molecule has 3 nitrogen and oxygen atoms in total. The zero-order valence-electron chi connectivity index (χ0n) is 7.08. The molecule has 0 aromatic heterocycles. The number of nitrogens with zero attached hydrogens (tertiary/aromatic N) is 1. The van der Waals surface area contributed by atoms with Crippen LogP contribution in [0.2, 0.25) is 0 Å². The molecule has 0 spiro atoms. The number of hydrogen-bond donors (Lipinski definition) is 1. The predicted octanol–water partition coefficient (Wildman–Crippen LogP) is 0.236. The van der Waals surface area contributed by atoms with Gasteiger partial charge in [-0.3, -0.25) is 4.79 Å². The Balaban J connectivity index is 2.41. The number of aliphatic hydroxyl groups is 1. The van der Waals surface area contributed by atoms with Gasteiger partial charge in [0.05, 0.1) is 6.10 Å². The molecule has 64 valence electrons. The second-order valence-electron chi connectivity index (χ2n) is 3.25. The summed E-state index contributed by atoms with van der Waals surface area (Å²) in [5, 5.41) is 9.21. The lowest BCUT2D eigenvalue weighted by Crippen LogP contribution is -2.28. The van der Waals surface area contributed by atoms with Gasteiger partial charge in [-0.25, -0.2) is 0 Å². The lowest BCUT2D eigenvalue weighted by molar-refractivity contribution is -0.128. The second kappa shape index (κ2) is 3.22. The minimum atomic E-state index is -0.278. The molecule has 2 unspecified atom stereocenters. The average Bonchev–Trinajstić information content (AvgIpc) is 2.33. The van der Waals surface area contributed by atoms with Crippen LogP contribution in [0.15, 0.2) is 0 Å². The summed E-state index contributed by atoms with van der Waals surface area (Å²) in [4.78, 5) is 12.6. The Bertz CT molecular complexity index is 156. The van der Waals surface area contributed by atoms with E-state index in [0.717, 1.165) is 19.5 Å². The summed E-state index contributed by atoms with van der Waals surface area (Å²) >= 11 is 0. The molecule has 0 aromatic carbocycles. The van der Waals surface area contributed by atoms with Gasteiger partial charge in [0.25, 0.3) is 0 Å². The van der Waals surface area contributed by atoms with E-state index in [0.29, 0.717) is 5.92 Å². The first-order valence-corrected chi connectivity index (χ1v) is 4.05. The normalized spacial score (nSPS) is 27.2. The minimum Gasteiger partial charge on any atom is -0.393 e. The minimum absolute atomic E-state index is 0.119. The smallest absolute Gasteiger partial charge is 0.219 e. The molecule has 2 atom stereocenters. The van der Waals surface area contributed by atoms with Crippen LogP contribution in [-0.4, -0.2) is 35.1 Å². The van der Waals surface area contributed by atoms with Crippen LogP contribution in [0.3, 0.4) is 0 Å². The van der Waals surface area contributed by atoms with E-state index in [1.165, 1.54) is 0 Å². The predicted molar refractivity (Wildman–Crippen MR) is 42.0 cm³/mol.